The van der Waals surface area contributed by atoms with Gasteiger partial charge in [0, 0.05) is 46.5 Å². The molecule has 3 amide bonds. The summed E-state index contributed by atoms with van der Waals surface area (Å²) in [5.74, 6) is 0.154. The van der Waals surface area contributed by atoms with E-state index >= 15 is 0 Å². The van der Waals surface area contributed by atoms with Gasteiger partial charge in [-0.05, 0) is 30.7 Å². The molecule has 23 heavy (non-hydrogen) atoms. The zero-order valence-electron chi connectivity index (χ0n) is 14.1. The predicted octanol–water partition coefficient (Wildman–Crippen LogP) is 0.615. The second kappa shape index (κ2) is 5.86. The predicted molar refractivity (Wildman–Crippen MR) is 85.8 cm³/mol. The molecule has 7 nitrogen and oxygen atoms in total. The number of amides is 3. The van der Waals surface area contributed by atoms with Crippen LogP contribution in [-0.2, 0) is 18.3 Å². The Morgan fingerprint density at radius 1 is 1.43 bits per heavy atom. The van der Waals surface area contributed by atoms with Crippen molar-refractivity contribution in [1.29, 1.82) is 0 Å². The molecule has 126 valence electrons. The van der Waals surface area contributed by atoms with Crippen molar-refractivity contribution in [2.75, 3.05) is 27.2 Å². The molecule has 1 aliphatic heterocycles. The Morgan fingerprint density at radius 2 is 2.17 bits per heavy atom. The standard InChI is InChI=1S/C16H25N5O2/c1-19(2)15(23)17-13-9-16(10-13)5-7-21(11-16)14(22)8-12-4-6-20(3)18-12/h4,6,13H,5,7-11H2,1-3H3,(H,17,23). The van der Waals surface area contributed by atoms with Crippen LogP contribution in [0.1, 0.15) is 25.0 Å². The van der Waals surface area contributed by atoms with E-state index in [1.807, 2.05) is 24.2 Å². The van der Waals surface area contributed by atoms with E-state index in [-0.39, 0.29) is 23.4 Å². The molecule has 0 radical (unpaired) electrons. The third kappa shape index (κ3) is 3.33. The molecule has 1 aromatic heterocycles. The van der Waals surface area contributed by atoms with E-state index in [1.165, 1.54) is 0 Å². The van der Waals surface area contributed by atoms with Gasteiger partial charge in [-0.3, -0.25) is 9.48 Å². The second-order valence-corrected chi connectivity index (χ2v) is 7.17. The van der Waals surface area contributed by atoms with Crippen molar-refractivity contribution < 1.29 is 9.59 Å². The molecular formula is C16H25N5O2. The molecule has 2 aliphatic rings. The van der Waals surface area contributed by atoms with E-state index in [4.69, 9.17) is 0 Å². The number of rotatable bonds is 3. The van der Waals surface area contributed by atoms with Crippen LogP contribution in [0.4, 0.5) is 4.79 Å². The molecule has 7 heteroatoms. The number of carbonyl (C=O) groups is 2. The molecule has 0 bridgehead atoms. The van der Waals surface area contributed by atoms with E-state index in [0.29, 0.717) is 6.42 Å². The highest BCUT2D eigenvalue weighted by Crippen LogP contribution is 2.48. The van der Waals surface area contributed by atoms with Gasteiger partial charge in [0.25, 0.3) is 0 Å². The first-order valence-electron chi connectivity index (χ1n) is 8.11. The summed E-state index contributed by atoms with van der Waals surface area (Å²) in [6.07, 6.45) is 5.21. The average molecular weight is 319 g/mol. The SMILES string of the molecule is CN(C)C(=O)NC1CC2(CCN(C(=O)Cc3ccn(C)n3)C2)C1. The molecule has 1 saturated heterocycles. The van der Waals surface area contributed by atoms with E-state index < -0.39 is 0 Å². The van der Waals surface area contributed by atoms with Gasteiger partial charge in [-0.1, -0.05) is 0 Å². The van der Waals surface area contributed by atoms with Crippen LogP contribution in [0.25, 0.3) is 0 Å². The minimum absolute atomic E-state index is 0.0362. The molecule has 3 rings (SSSR count). The highest BCUT2D eigenvalue weighted by Gasteiger charge is 2.49. The number of aromatic nitrogens is 2. The summed E-state index contributed by atoms with van der Waals surface area (Å²) in [7, 11) is 5.35. The van der Waals surface area contributed by atoms with E-state index in [1.54, 1.807) is 23.7 Å². The Kier molecular flexibility index (Phi) is 4.04. The molecule has 0 atom stereocenters. The third-order valence-electron chi connectivity index (χ3n) is 4.98. The van der Waals surface area contributed by atoms with Crippen molar-refractivity contribution in [1.82, 2.24) is 24.9 Å². The van der Waals surface area contributed by atoms with Crippen LogP contribution in [0.5, 0.6) is 0 Å². The summed E-state index contributed by atoms with van der Waals surface area (Å²) in [4.78, 5) is 27.6. The van der Waals surface area contributed by atoms with Crippen LogP contribution < -0.4 is 5.32 Å². The van der Waals surface area contributed by atoms with Crippen molar-refractivity contribution in [3.63, 3.8) is 0 Å². The van der Waals surface area contributed by atoms with Gasteiger partial charge in [0.05, 0.1) is 12.1 Å². The Balaban J connectivity index is 1.48. The molecule has 1 aromatic rings. The molecule has 0 aromatic carbocycles. The fourth-order valence-corrected chi connectivity index (χ4v) is 3.70. The van der Waals surface area contributed by atoms with Crippen molar-refractivity contribution in [3.05, 3.63) is 18.0 Å². The number of carbonyl (C=O) groups excluding carboxylic acids is 2. The molecule has 1 saturated carbocycles. The zero-order chi connectivity index (χ0) is 16.6. The molecule has 0 unspecified atom stereocenters. The van der Waals surface area contributed by atoms with E-state index in [0.717, 1.165) is 38.0 Å². The molecular weight excluding hydrogens is 294 g/mol. The summed E-state index contributed by atoms with van der Waals surface area (Å²) in [6.45, 7) is 1.63. The van der Waals surface area contributed by atoms with Crippen molar-refractivity contribution >= 4 is 11.9 Å². The number of nitrogens with zero attached hydrogens (tertiary/aromatic N) is 4. The summed E-state index contributed by atoms with van der Waals surface area (Å²) >= 11 is 0. The minimum atomic E-state index is -0.0362. The molecule has 1 N–H and O–H groups in total. The number of hydrogen-bond donors (Lipinski definition) is 1. The Labute approximate surface area is 136 Å². The normalized spacial score (nSPS) is 26.2. The quantitative estimate of drug-likeness (QED) is 0.887. The Morgan fingerprint density at radius 3 is 2.78 bits per heavy atom. The van der Waals surface area contributed by atoms with Crippen LogP contribution in [-0.4, -0.2) is 64.7 Å². The van der Waals surface area contributed by atoms with Gasteiger partial charge in [0.2, 0.25) is 5.91 Å². The third-order valence-corrected chi connectivity index (χ3v) is 4.98. The van der Waals surface area contributed by atoms with Gasteiger partial charge < -0.3 is 15.1 Å². The second-order valence-electron chi connectivity index (χ2n) is 7.17. The number of urea groups is 1. The van der Waals surface area contributed by atoms with Gasteiger partial charge in [-0.15, -0.1) is 0 Å². The van der Waals surface area contributed by atoms with Gasteiger partial charge in [0.15, 0.2) is 0 Å². The zero-order valence-corrected chi connectivity index (χ0v) is 14.1. The maximum absolute atomic E-state index is 12.4. The fourth-order valence-electron chi connectivity index (χ4n) is 3.70. The summed E-state index contributed by atoms with van der Waals surface area (Å²) in [5.41, 5.74) is 1.03. The first kappa shape index (κ1) is 15.8. The van der Waals surface area contributed by atoms with Crippen molar-refractivity contribution in [2.45, 2.75) is 31.7 Å². The highest BCUT2D eigenvalue weighted by atomic mass is 16.2. The molecule has 1 aliphatic carbocycles. The number of hydrogen-bond acceptors (Lipinski definition) is 3. The number of aryl methyl sites for hydroxylation is 1. The monoisotopic (exact) mass is 319 g/mol. The van der Waals surface area contributed by atoms with Crippen LogP contribution in [0.3, 0.4) is 0 Å². The van der Waals surface area contributed by atoms with Gasteiger partial charge in [0.1, 0.15) is 0 Å². The largest absolute Gasteiger partial charge is 0.342 e. The first-order valence-corrected chi connectivity index (χ1v) is 8.11. The lowest BCUT2D eigenvalue weighted by atomic mass is 9.65. The smallest absolute Gasteiger partial charge is 0.317 e. The lowest BCUT2D eigenvalue weighted by Gasteiger charge is -2.45. The van der Waals surface area contributed by atoms with Crippen LogP contribution in [0, 0.1) is 5.41 Å². The lowest BCUT2D eigenvalue weighted by molar-refractivity contribution is -0.130. The average Bonchev–Trinajstić information content (AvgIpc) is 3.05. The topological polar surface area (TPSA) is 70.5 Å². The first-order chi connectivity index (χ1) is 10.9. The summed E-state index contributed by atoms with van der Waals surface area (Å²) in [6, 6.07) is 2.10. The maximum atomic E-state index is 12.4. The Bertz CT molecular complexity index is 603. The fraction of sp³-hybridized carbons (Fsp3) is 0.688. The number of likely N-dealkylation sites (tertiary alicyclic amines) is 1. The van der Waals surface area contributed by atoms with Crippen molar-refractivity contribution in [2.24, 2.45) is 12.5 Å². The Hall–Kier alpha value is -2.05. The molecule has 2 heterocycles. The summed E-state index contributed by atoms with van der Waals surface area (Å²) < 4.78 is 1.72. The van der Waals surface area contributed by atoms with Gasteiger partial charge >= 0.3 is 6.03 Å². The van der Waals surface area contributed by atoms with E-state index in [2.05, 4.69) is 10.4 Å². The maximum Gasteiger partial charge on any atom is 0.317 e. The molecule has 1 spiro atoms. The van der Waals surface area contributed by atoms with Crippen LogP contribution >= 0.6 is 0 Å². The van der Waals surface area contributed by atoms with Crippen LogP contribution in [0.15, 0.2) is 12.3 Å². The number of nitrogens with one attached hydrogen (secondary N) is 1. The minimum Gasteiger partial charge on any atom is -0.342 e. The van der Waals surface area contributed by atoms with Crippen molar-refractivity contribution in [3.8, 4) is 0 Å². The lowest BCUT2D eigenvalue weighted by Crippen LogP contribution is -2.54. The highest BCUT2D eigenvalue weighted by molar-refractivity contribution is 5.78. The van der Waals surface area contributed by atoms with Gasteiger partial charge in [-0.25, -0.2) is 4.79 Å². The van der Waals surface area contributed by atoms with Crippen LogP contribution in [0.2, 0.25) is 0 Å². The summed E-state index contributed by atoms with van der Waals surface area (Å²) in [5, 5.41) is 7.30. The molecule has 2 fully saturated rings. The van der Waals surface area contributed by atoms with Gasteiger partial charge in [-0.2, -0.15) is 5.10 Å². The van der Waals surface area contributed by atoms with E-state index in [9.17, 15) is 9.59 Å².